The molecule has 0 bridgehead atoms. The van der Waals surface area contributed by atoms with E-state index in [1.165, 1.54) is 4.90 Å². The quantitative estimate of drug-likeness (QED) is 0.107. The molecule has 1 unspecified atom stereocenters. The Morgan fingerprint density at radius 1 is 0.800 bits per heavy atom. The van der Waals surface area contributed by atoms with Crippen LogP contribution in [0.5, 0.6) is 0 Å². The van der Waals surface area contributed by atoms with Crippen LogP contribution in [0.1, 0.15) is 95.6 Å². The summed E-state index contributed by atoms with van der Waals surface area (Å²) < 4.78 is 6.61. The summed E-state index contributed by atoms with van der Waals surface area (Å²) in [4.78, 5) is 86.5. The van der Waals surface area contributed by atoms with Gasteiger partial charge in [0.15, 0.2) is 11.6 Å². The highest BCUT2D eigenvalue weighted by Crippen LogP contribution is 2.46. The Morgan fingerprint density at radius 2 is 1.53 bits per heavy atom. The lowest BCUT2D eigenvalue weighted by Gasteiger charge is -2.32. The van der Waals surface area contributed by atoms with E-state index in [4.69, 9.17) is 9.73 Å². The first-order valence-electron chi connectivity index (χ1n) is 20.8. The Morgan fingerprint density at radius 3 is 2.33 bits per heavy atom. The number of anilines is 1. The van der Waals surface area contributed by atoms with Crippen molar-refractivity contribution in [2.24, 2.45) is 4.99 Å². The van der Waals surface area contributed by atoms with Crippen molar-refractivity contribution in [2.75, 3.05) is 18.4 Å². The molecule has 4 aliphatic heterocycles. The molecule has 4 aromatic carbocycles. The zero-order chi connectivity index (χ0) is 41.6. The van der Waals surface area contributed by atoms with Crippen molar-refractivity contribution >= 4 is 47.0 Å². The number of ether oxygens (including phenoxy) is 1. The van der Waals surface area contributed by atoms with Crippen molar-refractivity contribution in [3.8, 4) is 0 Å². The third-order valence-electron chi connectivity index (χ3n) is 11.8. The van der Waals surface area contributed by atoms with Crippen LogP contribution in [-0.2, 0) is 48.2 Å². The SMILES string of the molecule is O=C(CN1Cc2ccccc2[C@@H]2OC(c3ccccc3)=N[C@]2(Cc2ccccc2)C1=O)NCCCCCCCC(=O)Nc1cccc2c1CN(C1CCC(=O)NC1=O)C2=O. The summed E-state index contributed by atoms with van der Waals surface area (Å²) >= 11 is 0. The minimum atomic E-state index is -1.31. The first-order valence-corrected chi connectivity index (χ1v) is 20.8. The van der Waals surface area contributed by atoms with E-state index >= 15 is 0 Å². The van der Waals surface area contributed by atoms with E-state index < -0.39 is 23.6 Å². The third kappa shape index (κ3) is 8.43. The molecule has 3 N–H and O–H groups in total. The molecule has 13 nitrogen and oxygen atoms in total. The maximum Gasteiger partial charge on any atom is 0.256 e. The largest absolute Gasteiger partial charge is 0.466 e. The number of hydrogen-bond acceptors (Lipinski definition) is 8. The Labute approximate surface area is 348 Å². The maximum absolute atomic E-state index is 14.8. The average molecular weight is 809 g/mol. The van der Waals surface area contributed by atoms with Gasteiger partial charge in [-0.05, 0) is 54.7 Å². The summed E-state index contributed by atoms with van der Waals surface area (Å²) in [6.07, 6.45) is 4.39. The number of rotatable bonds is 15. The van der Waals surface area contributed by atoms with Gasteiger partial charge in [-0.15, -0.1) is 0 Å². The molecule has 0 aliphatic carbocycles. The molecule has 6 amide bonds. The summed E-state index contributed by atoms with van der Waals surface area (Å²) in [6.45, 7) is 0.789. The lowest BCUT2D eigenvalue weighted by Crippen LogP contribution is -2.52. The standard InChI is InChI=1S/C47H48N6O7/c54-39(49-37-22-14-21-35-36(37)29-53(45(35)58)38-24-25-40(55)50-43(38)57)23-10-2-1-3-13-26-48-41(56)30-52-28-33-19-11-12-20-34(33)42-47(46(52)59,27-31-15-6-4-7-16-31)51-44(60-42)32-17-8-5-9-18-32/h4-9,11-12,14-22,38,42H,1-3,10,13,23-30H2,(H,48,56)(H,49,54)(H,50,55,57)/t38?,42-,47-/m0/s1. The van der Waals surface area contributed by atoms with Crippen molar-refractivity contribution in [1.29, 1.82) is 0 Å². The number of aliphatic imine (C=N–C) groups is 1. The maximum atomic E-state index is 14.8. The van der Waals surface area contributed by atoms with Gasteiger partial charge >= 0.3 is 0 Å². The van der Waals surface area contributed by atoms with Gasteiger partial charge in [-0.2, -0.15) is 0 Å². The second-order valence-corrected chi connectivity index (χ2v) is 15.9. The Balaban J connectivity index is 0.816. The zero-order valence-corrected chi connectivity index (χ0v) is 33.4. The van der Waals surface area contributed by atoms with E-state index in [-0.39, 0.29) is 62.0 Å². The van der Waals surface area contributed by atoms with Gasteiger partial charge in [-0.25, -0.2) is 4.99 Å². The van der Waals surface area contributed by atoms with Crippen LogP contribution in [0.2, 0.25) is 0 Å². The molecule has 4 heterocycles. The van der Waals surface area contributed by atoms with Gasteiger partial charge in [0.25, 0.3) is 11.8 Å². The van der Waals surface area contributed by atoms with Gasteiger partial charge in [0.1, 0.15) is 6.04 Å². The Hall–Kier alpha value is -6.63. The molecule has 1 fully saturated rings. The van der Waals surface area contributed by atoms with Gasteiger partial charge in [-0.1, -0.05) is 98.1 Å². The highest BCUT2D eigenvalue weighted by molar-refractivity contribution is 6.07. The van der Waals surface area contributed by atoms with Crippen LogP contribution >= 0.6 is 0 Å². The van der Waals surface area contributed by atoms with Crippen LogP contribution < -0.4 is 16.0 Å². The van der Waals surface area contributed by atoms with Crippen LogP contribution in [-0.4, -0.2) is 75.8 Å². The molecule has 0 radical (unpaired) electrons. The molecule has 0 aromatic heterocycles. The summed E-state index contributed by atoms with van der Waals surface area (Å²) in [7, 11) is 0. The van der Waals surface area contributed by atoms with Gasteiger partial charge in [0.2, 0.25) is 29.5 Å². The number of benzene rings is 4. The summed E-state index contributed by atoms with van der Waals surface area (Å²) in [5.41, 5.74) is 3.88. The fourth-order valence-corrected chi connectivity index (χ4v) is 8.71. The molecule has 4 aromatic rings. The van der Waals surface area contributed by atoms with Crippen molar-refractivity contribution in [3.05, 3.63) is 137 Å². The van der Waals surface area contributed by atoms with Crippen molar-refractivity contribution in [3.63, 3.8) is 0 Å². The number of amides is 6. The minimum absolute atomic E-state index is 0.116. The van der Waals surface area contributed by atoms with E-state index in [0.29, 0.717) is 48.5 Å². The highest BCUT2D eigenvalue weighted by Gasteiger charge is 2.57. The Kier molecular flexibility index (Phi) is 11.8. The third-order valence-corrected chi connectivity index (χ3v) is 11.8. The second kappa shape index (κ2) is 17.7. The van der Waals surface area contributed by atoms with E-state index in [2.05, 4.69) is 16.0 Å². The number of hydrogen-bond donors (Lipinski definition) is 3. The molecule has 13 heteroatoms. The number of carbonyl (C=O) groups is 6. The number of piperidine rings is 1. The second-order valence-electron chi connectivity index (χ2n) is 15.9. The number of carbonyl (C=O) groups excluding carboxylic acids is 6. The number of unbranched alkanes of at least 4 members (excludes halogenated alkanes) is 4. The smallest absolute Gasteiger partial charge is 0.256 e. The van der Waals surface area contributed by atoms with Gasteiger partial charge in [0.05, 0.1) is 6.54 Å². The summed E-state index contributed by atoms with van der Waals surface area (Å²) in [5, 5.41) is 8.27. The number of nitrogens with zero attached hydrogens (tertiary/aromatic N) is 3. The first kappa shape index (κ1) is 40.2. The van der Waals surface area contributed by atoms with Crippen LogP contribution in [0.15, 0.2) is 108 Å². The summed E-state index contributed by atoms with van der Waals surface area (Å²) in [6, 6.07) is 31.7. The lowest BCUT2D eigenvalue weighted by atomic mass is 9.81. The Bertz CT molecular complexity index is 2330. The molecule has 8 rings (SSSR count). The monoisotopic (exact) mass is 808 g/mol. The van der Waals surface area contributed by atoms with Crippen molar-refractivity contribution < 1.29 is 33.5 Å². The molecular formula is C47H48N6O7. The molecule has 60 heavy (non-hydrogen) atoms. The van der Waals surface area contributed by atoms with Crippen LogP contribution in [0.3, 0.4) is 0 Å². The molecular weight excluding hydrogens is 761 g/mol. The predicted octanol–water partition coefficient (Wildman–Crippen LogP) is 5.38. The first-order chi connectivity index (χ1) is 29.2. The van der Waals surface area contributed by atoms with Crippen molar-refractivity contribution in [1.82, 2.24) is 20.4 Å². The van der Waals surface area contributed by atoms with E-state index in [1.807, 2.05) is 84.9 Å². The van der Waals surface area contributed by atoms with Crippen LogP contribution in [0, 0.1) is 0 Å². The van der Waals surface area contributed by atoms with Crippen molar-refractivity contribution in [2.45, 2.75) is 88.6 Å². The molecule has 1 saturated heterocycles. The fraction of sp³-hybridized carbons (Fsp3) is 0.340. The van der Waals surface area contributed by atoms with Gasteiger partial charge in [-0.3, -0.25) is 34.1 Å². The normalized spacial score (nSPS) is 20.6. The highest BCUT2D eigenvalue weighted by atomic mass is 16.5. The molecule has 4 aliphatic rings. The molecule has 0 spiro atoms. The number of imide groups is 1. The zero-order valence-electron chi connectivity index (χ0n) is 33.4. The lowest BCUT2D eigenvalue weighted by molar-refractivity contribution is -0.143. The number of fused-ring (bicyclic) bond motifs is 4. The minimum Gasteiger partial charge on any atom is -0.466 e. The average Bonchev–Trinajstić information content (AvgIpc) is 3.78. The van der Waals surface area contributed by atoms with Crippen LogP contribution in [0.4, 0.5) is 5.69 Å². The number of nitrogens with one attached hydrogen (secondary N) is 3. The summed E-state index contributed by atoms with van der Waals surface area (Å²) in [5.74, 6) is -1.35. The molecule has 308 valence electrons. The van der Waals surface area contributed by atoms with E-state index in [0.717, 1.165) is 47.9 Å². The molecule has 0 saturated carbocycles. The topological polar surface area (TPSA) is 167 Å². The van der Waals surface area contributed by atoms with Crippen LogP contribution in [0.25, 0.3) is 0 Å². The molecule has 3 atom stereocenters. The predicted molar refractivity (Wildman–Crippen MR) is 223 cm³/mol. The fourth-order valence-electron chi connectivity index (χ4n) is 8.71. The van der Waals surface area contributed by atoms with Gasteiger partial charge < -0.3 is 25.2 Å². The van der Waals surface area contributed by atoms with Gasteiger partial charge in [0, 0.05) is 66.8 Å². The van der Waals surface area contributed by atoms with E-state index in [1.54, 1.807) is 23.1 Å². The van der Waals surface area contributed by atoms with E-state index in [9.17, 15) is 28.8 Å².